The zero-order valence-corrected chi connectivity index (χ0v) is 20.3. The minimum Gasteiger partial charge on any atom is -0.493 e. The van der Waals surface area contributed by atoms with Crippen molar-refractivity contribution in [3.63, 3.8) is 0 Å². The van der Waals surface area contributed by atoms with E-state index in [2.05, 4.69) is 10.5 Å². The van der Waals surface area contributed by atoms with E-state index in [0.717, 1.165) is 25.7 Å². The van der Waals surface area contributed by atoms with Crippen LogP contribution in [0.2, 0.25) is 0 Å². The van der Waals surface area contributed by atoms with E-state index < -0.39 is 15.9 Å². The summed E-state index contributed by atoms with van der Waals surface area (Å²) in [6.45, 7) is 3.12. The molecule has 0 aromatic heterocycles. The Bertz CT molecular complexity index is 1100. The van der Waals surface area contributed by atoms with Gasteiger partial charge in [-0.2, -0.15) is 4.31 Å². The quantitative estimate of drug-likeness (QED) is 0.403. The predicted octanol–water partition coefficient (Wildman–Crippen LogP) is 3.65. The van der Waals surface area contributed by atoms with Gasteiger partial charge >= 0.3 is 0 Å². The monoisotopic (exact) mass is 489 g/mol. The van der Waals surface area contributed by atoms with Crippen LogP contribution in [0.4, 0.5) is 5.69 Å². The average molecular weight is 490 g/mol. The van der Waals surface area contributed by atoms with Gasteiger partial charge in [0.2, 0.25) is 10.0 Å². The smallest absolute Gasteiger partial charge is 0.265 e. The molecule has 2 aromatic rings. The number of sulfonamides is 1. The number of rotatable bonds is 10. The number of nitrogens with one attached hydrogen (secondary N) is 1. The molecule has 184 valence electrons. The first kappa shape index (κ1) is 25.5. The second-order valence-electron chi connectivity index (χ2n) is 7.75. The number of ether oxygens (including phenoxy) is 2. The lowest BCUT2D eigenvalue weighted by molar-refractivity contribution is -0.120. The Morgan fingerprint density at radius 2 is 1.85 bits per heavy atom. The lowest BCUT2D eigenvalue weighted by Gasteiger charge is -2.20. The molecule has 3 rings (SSSR count). The van der Waals surface area contributed by atoms with Crippen LogP contribution >= 0.6 is 0 Å². The molecule has 0 bridgehead atoms. The summed E-state index contributed by atoms with van der Waals surface area (Å²) in [4.78, 5) is 17.5. The normalized spacial score (nSPS) is 15.0. The Morgan fingerprint density at radius 1 is 1.09 bits per heavy atom. The summed E-state index contributed by atoms with van der Waals surface area (Å²) in [5.74, 6) is 0.742. The Labute approximate surface area is 200 Å². The number of oxime groups is 1. The molecule has 0 saturated carbocycles. The maximum Gasteiger partial charge on any atom is 0.265 e. The number of hydrogen-bond donors (Lipinski definition) is 1. The number of methoxy groups -OCH3 is 1. The van der Waals surface area contributed by atoms with E-state index in [4.69, 9.17) is 14.3 Å². The summed E-state index contributed by atoms with van der Waals surface area (Å²) < 4.78 is 38.2. The molecule has 1 heterocycles. The fraction of sp³-hybridized carbons (Fsp3) is 0.417. The van der Waals surface area contributed by atoms with E-state index in [1.165, 1.54) is 16.6 Å². The Hall–Kier alpha value is -3.11. The van der Waals surface area contributed by atoms with Gasteiger partial charge in [0.1, 0.15) is 0 Å². The van der Waals surface area contributed by atoms with Crippen LogP contribution in [0.3, 0.4) is 0 Å². The molecule has 1 N–H and O–H groups in total. The van der Waals surface area contributed by atoms with Gasteiger partial charge in [0.15, 0.2) is 18.1 Å². The average Bonchev–Trinajstić information content (AvgIpc) is 3.13. The van der Waals surface area contributed by atoms with Gasteiger partial charge in [-0.25, -0.2) is 8.42 Å². The molecule has 9 nitrogen and oxygen atoms in total. The van der Waals surface area contributed by atoms with Crippen LogP contribution in [-0.2, 0) is 19.7 Å². The molecule has 10 heteroatoms. The molecular weight excluding hydrogens is 458 g/mol. The lowest BCUT2D eigenvalue weighted by Crippen LogP contribution is -2.32. The Kier molecular flexibility index (Phi) is 9.29. The van der Waals surface area contributed by atoms with Gasteiger partial charge in [-0.3, -0.25) is 4.79 Å². The van der Waals surface area contributed by atoms with Crippen LogP contribution in [0.15, 0.2) is 52.5 Å². The molecule has 1 amide bonds. The molecular formula is C24H31N3O6S. The highest BCUT2D eigenvalue weighted by Crippen LogP contribution is 2.27. The van der Waals surface area contributed by atoms with E-state index >= 15 is 0 Å². The first-order chi connectivity index (χ1) is 16.4. The first-order valence-corrected chi connectivity index (χ1v) is 12.7. The van der Waals surface area contributed by atoms with Crippen LogP contribution < -0.4 is 14.8 Å². The lowest BCUT2D eigenvalue weighted by atomic mass is 10.2. The summed E-state index contributed by atoms with van der Waals surface area (Å²) in [5.41, 5.74) is 1.09. The van der Waals surface area contributed by atoms with Crippen molar-refractivity contribution in [2.24, 2.45) is 5.16 Å². The maximum absolute atomic E-state index is 13.0. The van der Waals surface area contributed by atoms with Crippen molar-refractivity contribution in [2.75, 3.05) is 38.7 Å². The third-order valence-corrected chi connectivity index (χ3v) is 7.17. The topological polar surface area (TPSA) is 107 Å². The molecule has 0 atom stereocenters. The molecule has 0 aliphatic carbocycles. The third kappa shape index (κ3) is 6.94. The zero-order valence-electron chi connectivity index (χ0n) is 19.5. The fourth-order valence-electron chi connectivity index (χ4n) is 3.60. The van der Waals surface area contributed by atoms with E-state index in [1.54, 1.807) is 43.5 Å². The number of hydrogen-bond acceptors (Lipinski definition) is 7. The SMILES string of the molecule is CCOc1ccc(/C=N/OCC(=O)Nc2cccc(S(=O)(=O)N3CCCCCC3)c2)cc1OC. The van der Waals surface area contributed by atoms with Gasteiger partial charge in [0.05, 0.1) is 24.8 Å². The second-order valence-corrected chi connectivity index (χ2v) is 9.68. The highest BCUT2D eigenvalue weighted by molar-refractivity contribution is 7.89. The van der Waals surface area contributed by atoms with Crippen molar-refractivity contribution in [1.82, 2.24) is 4.31 Å². The summed E-state index contributed by atoms with van der Waals surface area (Å²) in [6.07, 6.45) is 5.25. The molecule has 1 aliphatic rings. The van der Waals surface area contributed by atoms with Crippen LogP contribution in [0.25, 0.3) is 0 Å². The fourth-order valence-corrected chi connectivity index (χ4v) is 5.16. The van der Waals surface area contributed by atoms with Gasteiger partial charge in [-0.15, -0.1) is 0 Å². The largest absolute Gasteiger partial charge is 0.493 e. The molecule has 1 saturated heterocycles. The number of amides is 1. The minimum absolute atomic E-state index is 0.163. The maximum atomic E-state index is 13.0. The highest BCUT2D eigenvalue weighted by Gasteiger charge is 2.25. The molecule has 0 spiro atoms. The Morgan fingerprint density at radius 3 is 2.56 bits per heavy atom. The van der Waals surface area contributed by atoms with Crippen molar-refractivity contribution in [3.8, 4) is 11.5 Å². The number of benzene rings is 2. The van der Waals surface area contributed by atoms with Crippen LogP contribution in [0.1, 0.15) is 38.2 Å². The molecule has 1 aliphatic heterocycles. The molecule has 0 unspecified atom stereocenters. The van der Waals surface area contributed by atoms with Crippen molar-refractivity contribution in [2.45, 2.75) is 37.5 Å². The third-order valence-electron chi connectivity index (χ3n) is 5.28. The first-order valence-electron chi connectivity index (χ1n) is 11.3. The van der Waals surface area contributed by atoms with E-state index in [0.29, 0.717) is 42.4 Å². The Balaban J connectivity index is 1.55. The number of anilines is 1. The van der Waals surface area contributed by atoms with E-state index in [9.17, 15) is 13.2 Å². The van der Waals surface area contributed by atoms with Gasteiger partial charge in [-0.1, -0.05) is 24.1 Å². The molecule has 2 aromatic carbocycles. The van der Waals surface area contributed by atoms with Gasteiger partial charge in [0.25, 0.3) is 5.91 Å². The van der Waals surface area contributed by atoms with Crippen molar-refractivity contribution < 1.29 is 27.5 Å². The molecule has 34 heavy (non-hydrogen) atoms. The van der Waals surface area contributed by atoms with Crippen LogP contribution in [0.5, 0.6) is 11.5 Å². The number of nitrogens with zero attached hydrogens (tertiary/aromatic N) is 2. The number of carbonyl (C=O) groups is 1. The van der Waals surface area contributed by atoms with Crippen LogP contribution in [0, 0.1) is 0 Å². The van der Waals surface area contributed by atoms with E-state index in [1.807, 2.05) is 6.92 Å². The molecule has 1 fully saturated rings. The van der Waals surface area contributed by atoms with Crippen molar-refractivity contribution in [3.05, 3.63) is 48.0 Å². The van der Waals surface area contributed by atoms with Crippen molar-refractivity contribution >= 4 is 27.8 Å². The summed E-state index contributed by atoms with van der Waals surface area (Å²) >= 11 is 0. The zero-order chi connectivity index (χ0) is 24.4. The van der Waals surface area contributed by atoms with Gasteiger partial charge in [0, 0.05) is 24.3 Å². The molecule has 0 radical (unpaired) electrons. The number of carbonyl (C=O) groups excluding carboxylic acids is 1. The standard InChI is InChI=1S/C24H31N3O6S/c1-3-32-22-12-11-19(15-23(22)31-2)17-25-33-18-24(28)26-20-9-8-10-21(16-20)34(29,30)27-13-6-4-5-7-14-27/h8-12,15-17H,3-7,13-14,18H2,1-2H3,(H,26,28)/b25-17+. The predicted molar refractivity (Wildman–Crippen MR) is 130 cm³/mol. The summed E-state index contributed by atoms with van der Waals surface area (Å²) in [5, 5.41) is 6.47. The van der Waals surface area contributed by atoms with Crippen LogP contribution in [-0.4, -0.2) is 58.3 Å². The second kappa shape index (κ2) is 12.4. The highest BCUT2D eigenvalue weighted by atomic mass is 32.2. The van der Waals surface area contributed by atoms with Crippen molar-refractivity contribution in [1.29, 1.82) is 0 Å². The summed E-state index contributed by atoms with van der Waals surface area (Å²) in [7, 11) is -2.05. The minimum atomic E-state index is -3.60. The van der Waals surface area contributed by atoms with E-state index in [-0.39, 0.29) is 11.5 Å². The summed E-state index contributed by atoms with van der Waals surface area (Å²) in [6, 6.07) is 11.6. The van der Waals surface area contributed by atoms with Gasteiger partial charge in [-0.05, 0) is 56.2 Å². The van der Waals surface area contributed by atoms with Gasteiger partial charge < -0.3 is 19.6 Å².